The van der Waals surface area contributed by atoms with Crippen molar-refractivity contribution in [3.05, 3.63) is 60.2 Å². The van der Waals surface area contributed by atoms with Crippen LogP contribution in [0.4, 0.5) is 5.69 Å². The summed E-state index contributed by atoms with van der Waals surface area (Å²) < 4.78 is 5.66. The molecule has 1 atom stereocenters. The number of benzene rings is 2. The van der Waals surface area contributed by atoms with Gasteiger partial charge in [0.2, 0.25) is 0 Å². The van der Waals surface area contributed by atoms with Gasteiger partial charge >= 0.3 is 5.97 Å². The molecule has 20 heavy (non-hydrogen) atoms. The summed E-state index contributed by atoms with van der Waals surface area (Å²) >= 11 is 0. The zero-order chi connectivity index (χ0) is 14.4. The van der Waals surface area contributed by atoms with Crippen molar-refractivity contribution in [3.63, 3.8) is 0 Å². The van der Waals surface area contributed by atoms with E-state index in [-0.39, 0.29) is 0 Å². The maximum atomic E-state index is 10.7. The quantitative estimate of drug-likeness (QED) is 0.847. The molecule has 0 spiro atoms. The first-order valence-corrected chi connectivity index (χ1v) is 6.41. The van der Waals surface area contributed by atoms with Crippen molar-refractivity contribution in [1.29, 1.82) is 0 Å². The van der Waals surface area contributed by atoms with Gasteiger partial charge in [-0.05, 0) is 36.8 Å². The van der Waals surface area contributed by atoms with Crippen LogP contribution in [-0.4, -0.2) is 17.1 Å². The highest BCUT2D eigenvalue weighted by Gasteiger charge is 2.09. The van der Waals surface area contributed by atoms with E-state index >= 15 is 0 Å². The van der Waals surface area contributed by atoms with Crippen molar-refractivity contribution in [2.45, 2.75) is 19.6 Å². The minimum Gasteiger partial charge on any atom is -0.489 e. The average molecular weight is 271 g/mol. The van der Waals surface area contributed by atoms with E-state index in [1.807, 2.05) is 42.5 Å². The lowest BCUT2D eigenvalue weighted by Gasteiger charge is -2.11. The van der Waals surface area contributed by atoms with Crippen LogP contribution in [0, 0.1) is 0 Å². The van der Waals surface area contributed by atoms with Crippen molar-refractivity contribution in [2.75, 3.05) is 5.32 Å². The highest BCUT2D eigenvalue weighted by Crippen LogP contribution is 2.17. The molecule has 4 nitrogen and oxygen atoms in total. The van der Waals surface area contributed by atoms with Crippen molar-refractivity contribution in [3.8, 4) is 5.75 Å². The molecule has 2 N–H and O–H groups in total. The van der Waals surface area contributed by atoms with Gasteiger partial charge in [-0.1, -0.05) is 30.3 Å². The molecule has 0 radical (unpaired) electrons. The number of carboxylic acids is 1. The SMILES string of the molecule is CC(Nc1ccc(OCc2ccccc2)cc1)C(=O)O. The highest BCUT2D eigenvalue weighted by molar-refractivity contribution is 5.76. The zero-order valence-electron chi connectivity index (χ0n) is 11.2. The molecule has 104 valence electrons. The van der Waals surface area contributed by atoms with E-state index < -0.39 is 12.0 Å². The van der Waals surface area contributed by atoms with Gasteiger partial charge in [-0.3, -0.25) is 4.79 Å². The molecular weight excluding hydrogens is 254 g/mol. The number of anilines is 1. The van der Waals surface area contributed by atoms with Crippen LogP contribution >= 0.6 is 0 Å². The fourth-order valence-corrected chi connectivity index (χ4v) is 1.70. The second kappa shape index (κ2) is 6.61. The monoisotopic (exact) mass is 271 g/mol. The Hall–Kier alpha value is -2.49. The molecule has 0 heterocycles. The number of hydrogen-bond acceptors (Lipinski definition) is 3. The summed E-state index contributed by atoms with van der Waals surface area (Å²) in [6, 6.07) is 16.5. The molecular formula is C16H17NO3. The van der Waals surface area contributed by atoms with Crippen LogP contribution in [0.25, 0.3) is 0 Å². The summed E-state index contributed by atoms with van der Waals surface area (Å²) in [4.78, 5) is 10.7. The molecule has 0 saturated heterocycles. The van der Waals surface area contributed by atoms with E-state index in [1.54, 1.807) is 19.1 Å². The number of nitrogens with one attached hydrogen (secondary N) is 1. The Labute approximate surface area is 118 Å². The van der Waals surface area contributed by atoms with Crippen molar-refractivity contribution in [2.24, 2.45) is 0 Å². The summed E-state index contributed by atoms with van der Waals surface area (Å²) in [6.45, 7) is 2.11. The summed E-state index contributed by atoms with van der Waals surface area (Å²) in [6.07, 6.45) is 0. The smallest absolute Gasteiger partial charge is 0.325 e. The van der Waals surface area contributed by atoms with Gasteiger partial charge in [-0.25, -0.2) is 0 Å². The first kappa shape index (κ1) is 13.9. The first-order chi connectivity index (χ1) is 9.65. The number of hydrogen-bond donors (Lipinski definition) is 2. The number of carbonyl (C=O) groups is 1. The molecule has 0 aliphatic heterocycles. The van der Waals surface area contributed by atoms with Crippen LogP contribution < -0.4 is 10.1 Å². The van der Waals surface area contributed by atoms with Gasteiger partial charge < -0.3 is 15.2 Å². The summed E-state index contributed by atoms with van der Waals surface area (Å²) in [7, 11) is 0. The number of aliphatic carboxylic acids is 1. The van der Waals surface area contributed by atoms with E-state index in [4.69, 9.17) is 9.84 Å². The second-order valence-corrected chi connectivity index (χ2v) is 4.50. The maximum Gasteiger partial charge on any atom is 0.325 e. The topological polar surface area (TPSA) is 58.6 Å². The van der Waals surface area contributed by atoms with Crippen molar-refractivity contribution in [1.82, 2.24) is 0 Å². The van der Waals surface area contributed by atoms with E-state index in [2.05, 4.69) is 5.32 Å². The fourth-order valence-electron chi connectivity index (χ4n) is 1.70. The standard InChI is InChI=1S/C16H17NO3/c1-12(16(18)19)17-14-7-9-15(10-8-14)20-11-13-5-3-2-4-6-13/h2-10,12,17H,11H2,1H3,(H,18,19). The van der Waals surface area contributed by atoms with E-state index in [0.29, 0.717) is 6.61 Å². The molecule has 0 aliphatic rings. The number of rotatable bonds is 6. The Morgan fingerprint density at radius 1 is 1.15 bits per heavy atom. The molecule has 0 amide bonds. The zero-order valence-corrected chi connectivity index (χ0v) is 11.2. The molecule has 1 unspecified atom stereocenters. The third-order valence-corrected chi connectivity index (χ3v) is 2.86. The van der Waals surface area contributed by atoms with E-state index in [0.717, 1.165) is 17.0 Å². The Kier molecular flexibility index (Phi) is 4.60. The first-order valence-electron chi connectivity index (χ1n) is 6.41. The van der Waals surface area contributed by atoms with Gasteiger partial charge in [0.15, 0.2) is 0 Å². The van der Waals surface area contributed by atoms with Crippen LogP contribution in [-0.2, 0) is 11.4 Å². The van der Waals surface area contributed by atoms with E-state index in [9.17, 15) is 4.79 Å². The molecule has 2 rings (SSSR count). The van der Waals surface area contributed by atoms with Crippen LogP contribution in [0.1, 0.15) is 12.5 Å². The number of carboxylic acid groups (broad SMARTS) is 1. The fraction of sp³-hybridized carbons (Fsp3) is 0.188. The summed E-state index contributed by atoms with van der Waals surface area (Å²) in [5.74, 6) is -0.128. The second-order valence-electron chi connectivity index (χ2n) is 4.50. The Morgan fingerprint density at radius 3 is 2.40 bits per heavy atom. The Morgan fingerprint density at radius 2 is 1.80 bits per heavy atom. The van der Waals surface area contributed by atoms with Crippen molar-refractivity contribution < 1.29 is 14.6 Å². The predicted octanol–water partition coefficient (Wildman–Crippen LogP) is 3.15. The number of ether oxygens (including phenoxy) is 1. The van der Waals surface area contributed by atoms with Crippen LogP contribution in [0.2, 0.25) is 0 Å². The van der Waals surface area contributed by atoms with Crippen LogP contribution in [0.3, 0.4) is 0 Å². The third-order valence-electron chi connectivity index (χ3n) is 2.86. The molecule has 0 saturated carbocycles. The van der Waals surface area contributed by atoms with Gasteiger partial charge in [0.25, 0.3) is 0 Å². The lowest BCUT2D eigenvalue weighted by molar-refractivity contribution is -0.137. The van der Waals surface area contributed by atoms with Crippen LogP contribution in [0.5, 0.6) is 5.75 Å². The molecule has 2 aromatic carbocycles. The average Bonchev–Trinajstić information content (AvgIpc) is 2.47. The van der Waals surface area contributed by atoms with Crippen LogP contribution in [0.15, 0.2) is 54.6 Å². The summed E-state index contributed by atoms with van der Waals surface area (Å²) in [5.41, 5.74) is 1.86. The predicted molar refractivity (Wildman–Crippen MR) is 77.9 cm³/mol. The normalized spacial score (nSPS) is 11.7. The Balaban J connectivity index is 1.90. The minimum atomic E-state index is -0.880. The Bertz CT molecular complexity index is 552. The molecule has 4 heteroatoms. The van der Waals surface area contributed by atoms with E-state index in [1.165, 1.54) is 0 Å². The third kappa shape index (κ3) is 4.02. The van der Waals surface area contributed by atoms with Crippen molar-refractivity contribution >= 4 is 11.7 Å². The molecule has 2 aromatic rings. The van der Waals surface area contributed by atoms with Gasteiger partial charge in [0, 0.05) is 5.69 Å². The van der Waals surface area contributed by atoms with Gasteiger partial charge in [0.1, 0.15) is 18.4 Å². The van der Waals surface area contributed by atoms with Gasteiger partial charge in [0.05, 0.1) is 0 Å². The largest absolute Gasteiger partial charge is 0.489 e. The highest BCUT2D eigenvalue weighted by atomic mass is 16.5. The molecule has 0 bridgehead atoms. The molecule has 0 aromatic heterocycles. The van der Waals surface area contributed by atoms with Gasteiger partial charge in [-0.15, -0.1) is 0 Å². The minimum absolute atomic E-state index is 0.513. The molecule has 0 aliphatic carbocycles. The lowest BCUT2D eigenvalue weighted by atomic mass is 10.2. The summed E-state index contributed by atoms with van der Waals surface area (Å²) in [5, 5.41) is 11.7. The maximum absolute atomic E-state index is 10.7. The lowest BCUT2D eigenvalue weighted by Crippen LogP contribution is -2.25. The molecule has 0 fully saturated rings. The van der Waals surface area contributed by atoms with Gasteiger partial charge in [-0.2, -0.15) is 0 Å².